The third kappa shape index (κ3) is 3.21. The Morgan fingerprint density at radius 3 is 2.65 bits per heavy atom. The molecule has 0 aliphatic heterocycles. The van der Waals surface area contributed by atoms with Crippen LogP contribution < -0.4 is 0 Å². The van der Waals surface area contributed by atoms with E-state index in [4.69, 9.17) is 9.47 Å². The lowest BCUT2D eigenvalue weighted by molar-refractivity contribution is -0.148. The van der Waals surface area contributed by atoms with Crippen molar-refractivity contribution >= 4 is 23.3 Å². The molecule has 4 aliphatic rings. The molecule has 31 heavy (non-hydrogen) atoms. The first-order valence-electron chi connectivity index (χ1n) is 11.9. The normalized spacial score (nSPS) is 38.3. The van der Waals surface area contributed by atoms with E-state index in [1.54, 1.807) is 11.3 Å². The summed E-state index contributed by atoms with van der Waals surface area (Å²) in [6.45, 7) is 8.74. The Kier molecular flexibility index (Phi) is 5.12. The predicted octanol–water partition coefficient (Wildman–Crippen LogP) is 5.83. The third-order valence-electron chi connectivity index (χ3n) is 9.03. The molecule has 0 unspecified atom stereocenters. The van der Waals surface area contributed by atoms with Crippen LogP contribution in [0.25, 0.3) is 0 Å². The molecule has 0 N–H and O–H groups in total. The molecule has 5 heteroatoms. The highest BCUT2D eigenvalue weighted by atomic mass is 32.1. The summed E-state index contributed by atoms with van der Waals surface area (Å²) in [5.41, 5.74) is 3.35. The Morgan fingerprint density at radius 1 is 1.13 bits per heavy atom. The first-order valence-corrected chi connectivity index (χ1v) is 12.7. The zero-order valence-corrected chi connectivity index (χ0v) is 20.0. The van der Waals surface area contributed by atoms with Crippen molar-refractivity contribution in [3.63, 3.8) is 0 Å². The fourth-order valence-corrected chi connectivity index (χ4v) is 8.87. The molecule has 0 spiro atoms. The Bertz CT molecular complexity index is 945. The summed E-state index contributed by atoms with van der Waals surface area (Å²) in [5, 5.41) is 0. The minimum atomic E-state index is -0.168. The minimum Gasteiger partial charge on any atom is -0.462 e. The summed E-state index contributed by atoms with van der Waals surface area (Å²) in [7, 11) is 0. The van der Waals surface area contributed by atoms with Gasteiger partial charge in [0.15, 0.2) is 0 Å². The topological polar surface area (TPSA) is 52.6 Å². The quantitative estimate of drug-likeness (QED) is 0.436. The molecule has 168 valence electrons. The average molecular weight is 443 g/mol. The van der Waals surface area contributed by atoms with Crippen molar-refractivity contribution in [1.82, 2.24) is 0 Å². The molecule has 2 fully saturated rings. The van der Waals surface area contributed by atoms with E-state index < -0.39 is 0 Å². The largest absolute Gasteiger partial charge is 0.462 e. The molecule has 0 radical (unpaired) electrons. The van der Waals surface area contributed by atoms with Gasteiger partial charge >= 0.3 is 11.9 Å². The van der Waals surface area contributed by atoms with Gasteiger partial charge in [-0.15, -0.1) is 11.3 Å². The molecule has 0 saturated heterocycles. The summed E-state index contributed by atoms with van der Waals surface area (Å²) < 4.78 is 10.8. The van der Waals surface area contributed by atoms with Gasteiger partial charge in [0.1, 0.15) is 11.0 Å². The summed E-state index contributed by atoms with van der Waals surface area (Å²) in [6.07, 6.45) is 10.3. The highest BCUT2D eigenvalue weighted by molar-refractivity contribution is 7.14. The highest BCUT2D eigenvalue weighted by Crippen LogP contribution is 2.65. The van der Waals surface area contributed by atoms with Crippen LogP contribution in [0.2, 0.25) is 0 Å². The van der Waals surface area contributed by atoms with Gasteiger partial charge in [0, 0.05) is 23.6 Å². The zero-order chi connectivity index (χ0) is 22.0. The standard InChI is InChI=1S/C26H34O4S/c1-5-29-24(28)22-13-16-12-21-19-7-6-17-14-18(30-15(2)27)8-10-25(17,3)20(19)9-11-26(21,4)23(16)31-22/h6,13,18-21H,5,7-12,14H2,1-4H3/t18-,19+,20-,21-,25-,26-/m0/s1. The van der Waals surface area contributed by atoms with Gasteiger partial charge in [-0.3, -0.25) is 4.79 Å². The van der Waals surface area contributed by atoms with Gasteiger partial charge in [-0.2, -0.15) is 0 Å². The number of carbonyl (C=O) groups excluding carboxylic acids is 2. The number of carbonyl (C=O) groups is 2. The number of ether oxygens (including phenoxy) is 2. The summed E-state index contributed by atoms with van der Waals surface area (Å²) in [4.78, 5) is 26.0. The number of fused-ring (bicyclic) bond motifs is 7. The average Bonchev–Trinajstić information content (AvgIpc) is 3.25. The van der Waals surface area contributed by atoms with Gasteiger partial charge in [-0.25, -0.2) is 4.79 Å². The second kappa shape index (κ2) is 7.47. The van der Waals surface area contributed by atoms with Crippen LogP contribution in [0.4, 0.5) is 0 Å². The second-order valence-electron chi connectivity index (χ2n) is 10.6. The van der Waals surface area contributed by atoms with Crippen molar-refractivity contribution < 1.29 is 19.1 Å². The van der Waals surface area contributed by atoms with Gasteiger partial charge in [0.2, 0.25) is 0 Å². The molecule has 0 amide bonds. The number of esters is 2. The molecule has 1 aromatic rings. The molecular weight excluding hydrogens is 408 g/mol. The lowest BCUT2D eigenvalue weighted by atomic mass is 9.48. The Labute approximate surface area is 189 Å². The van der Waals surface area contributed by atoms with Crippen LogP contribution in [-0.2, 0) is 26.1 Å². The van der Waals surface area contributed by atoms with Crippen molar-refractivity contribution in [2.45, 2.75) is 84.2 Å². The van der Waals surface area contributed by atoms with E-state index >= 15 is 0 Å². The van der Waals surface area contributed by atoms with Crippen molar-refractivity contribution in [3.05, 3.63) is 33.0 Å². The van der Waals surface area contributed by atoms with E-state index in [-0.39, 0.29) is 28.9 Å². The maximum absolute atomic E-state index is 12.3. The Hall–Kier alpha value is -1.62. The van der Waals surface area contributed by atoms with Gasteiger partial charge in [0.25, 0.3) is 0 Å². The maximum Gasteiger partial charge on any atom is 0.348 e. The molecule has 4 aliphatic carbocycles. The van der Waals surface area contributed by atoms with E-state index in [1.165, 1.54) is 35.8 Å². The van der Waals surface area contributed by atoms with Crippen molar-refractivity contribution in [2.75, 3.05) is 6.61 Å². The van der Waals surface area contributed by atoms with Crippen molar-refractivity contribution in [1.29, 1.82) is 0 Å². The molecule has 6 atom stereocenters. The van der Waals surface area contributed by atoms with Crippen LogP contribution in [0, 0.1) is 23.2 Å². The van der Waals surface area contributed by atoms with E-state index in [9.17, 15) is 9.59 Å². The Balaban J connectivity index is 1.40. The first kappa shape index (κ1) is 21.2. The monoisotopic (exact) mass is 442 g/mol. The van der Waals surface area contributed by atoms with Crippen LogP contribution in [0.1, 0.15) is 86.3 Å². The molecule has 5 rings (SSSR count). The smallest absolute Gasteiger partial charge is 0.348 e. The summed E-state index contributed by atoms with van der Waals surface area (Å²) in [6, 6.07) is 2.12. The van der Waals surface area contributed by atoms with Gasteiger partial charge in [-0.1, -0.05) is 25.5 Å². The van der Waals surface area contributed by atoms with Crippen molar-refractivity contribution in [3.8, 4) is 0 Å². The first-order chi connectivity index (χ1) is 14.8. The number of allylic oxidation sites excluding steroid dienone is 1. The second-order valence-corrected chi connectivity index (χ2v) is 11.6. The molecule has 4 nitrogen and oxygen atoms in total. The van der Waals surface area contributed by atoms with Crippen LogP contribution in [0.3, 0.4) is 0 Å². The minimum absolute atomic E-state index is 0.0574. The molecule has 1 heterocycles. The van der Waals surface area contributed by atoms with Gasteiger partial charge in [-0.05, 0) is 80.2 Å². The van der Waals surface area contributed by atoms with Crippen LogP contribution in [0.5, 0.6) is 0 Å². The lowest BCUT2D eigenvalue weighted by Crippen LogP contribution is -2.51. The van der Waals surface area contributed by atoms with E-state index in [0.717, 1.165) is 37.0 Å². The van der Waals surface area contributed by atoms with E-state index in [2.05, 4.69) is 26.0 Å². The van der Waals surface area contributed by atoms with Gasteiger partial charge < -0.3 is 9.47 Å². The van der Waals surface area contributed by atoms with E-state index in [1.807, 2.05) is 6.92 Å². The maximum atomic E-state index is 12.3. The molecule has 0 aromatic carbocycles. The Morgan fingerprint density at radius 2 is 1.90 bits per heavy atom. The summed E-state index contributed by atoms with van der Waals surface area (Å²) >= 11 is 1.68. The molecule has 2 saturated carbocycles. The van der Waals surface area contributed by atoms with Gasteiger partial charge in [0.05, 0.1) is 6.61 Å². The SMILES string of the molecule is CCOC(=O)c1cc2c(s1)[C@@]1(C)CC[C@H]3[C@@H](CC=C4C[C@@H](OC(C)=O)CC[C@@]43C)[C@@H]1C2. The van der Waals surface area contributed by atoms with E-state index in [0.29, 0.717) is 24.4 Å². The predicted molar refractivity (Wildman–Crippen MR) is 121 cm³/mol. The number of hydrogen-bond donors (Lipinski definition) is 0. The third-order valence-corrected chi connectivity index (χ3v) is 10.5. The molecular formula is C26H34O4S. The fourth-order valence-electron chi connectivity index (χ4n) is 7.54. The number of rotatable bonds is 3. The van der Waals surface area contributed by atoms with Crippen LogP contribution in [-0.4, -0.2) is 24.6 Å². The zero-order valence-electron chi connectivity index (χ0n) is 19.2. The molecule has 0 bridgehead atoms. The molecule has 1 aromatic heterocycles. The number of thiophene rings is 1. The highest BCUT2D eigenvalue weighted by Gasteiger charge is 2.58. The fraction of sp³-hybridized carbons (Fsp3) is 0.692. The van der Waals surface area contributed by atoms with Crippen LogP contribution >= 0.6 is 11.3 Å². The lowest BCUT2D eigenvalue weighted by Gasteiger charge is -2.57. The van der Waals surface area contributed by atoms with Crippen molar-refractivity contribution in [2.24, 2.45) is 23.2 Å². The number of hydrogen-bond acceptors (Lipinski definition) is 5. The van der Waals surface area contributed by atoms with Crippen LogP contribution in [0.15, 0.2) is 17.7 Å². The summed E-state index contributed by atoms with van der Waals surface area (Å²) in [5.74, 6) is 1.74.